The second-order valence-electron chi connectivity index (χ2n) is 6.51. The molecule has 3 heteroatoms. The summed E-state index contributed by atoms with van der Waals surface area (Å²) in [5.41, 5.74) is 6.47. The molecule has 0 heterocycles. The van der Waals surface area contributed by atoms with Gasteiger partial charge in [-0.3, -0.25) is 4.90 Å². The van der Waals surface area contributed by atoms with Crippen LogP contribution in [0.3, 0.4) is 0 Å². The Morgan fingerprint density at radius 1 is 1.28 bits per heavy atom. The lowest BCUT2D eigenvalue weighted by Crippen LogP contribution is -2.61. The maximum absolute atomic E-state index is 6.23. The van der Waals surface area contributed by atoms with Gasteiger partial charge in [0, 0.05) is 31.8 Å². The molecule has 0 radical (unpaired) electrons. The standard InChI is InChI=1S/C15H30N2O/c1-12-6-7-15(11-16,13(2)10-12)17(8-9-18-3)14-4-5-14/h12-14H,4-11,16H2,1-3H3. The monoisotopic (exact) mass is 254 g/mol. The quantitative estimate of drug-likeness (QED) is 0.790. The molecule has 0 saturated heterocycles. The third-order valence-corrected chi connectivity index (χ3v) is 5.19. The molecule has 0 spiro atoms. The van der Waals surface area contributed by atoms with Crippen LogP contribution in [0.2, 0.25) is 0 Å². The maximum atomic E-state index is 6.23. The summed E-state index contributed by atoms with van der Waals surface area (Å²) in [6.45, 7) is 7.48. The van der Waals surface area contributed by atoms with E-state index in [4.69, 9.17) is 10.5 Å². The van der Waals surface area contributed by atoms with Crippen molar-refractivity contribution in [3.63, 3.8) is 0 Å². The first-order chi connectivity index (χ1) is 8.64. The third-order valence-electron chi connectivity index (χ3n) is 5.19. The van der Waals surface area contributed by atoms with Crippen LogP contribution in [0, 0.1) is 11.8 Å². The Bertz CT molecular complexity index is 267. The van der Waals surface area contributed by atoms with Gasteiger partial charge in [-0.15, -0.1) is 0 Å². The predicted molar refractivity (Wildman–Crippen MR) is 75.6 cm³/mol. The number of nitrogens with zero attached hydrogens (tertiary/aromatic N) is 1. The molecule has 2 rings (SSSR count). The van der Waals surface area contributed by atoms with Crippen molar-refractivity contribution in [1.82, 2.24) is 4.90 Å². The van der Waals surface area contributed by atoms with Gasteiger partial charge in [0.05, 0.1) is 6.61 Å². The number of nitrogens with two attached hydrogens (primary N) is 1. The van der Waals surface area contributed by atoms with E-state index < -0.39 is 0 Å². The molecule has 0 amide bonds. The molecule has 0 aromatic heterocycles. The van der Waals surface area contributed by atoms with E-state index in [0.717, 1.165) is 31.7 Å². The van der Waals surface area contributed by atoms with Gasteiger partial charge in [0.1, 0.15) is 0 Å². The van der Waals surface area contributed by atoms with Crippen LogP contribution < -0.4 is 5.73 Å². The molecular formula is C15H30N2O. The van der Waals surface area contributed by atoms with Gasteiger partial charge in [0.25, 0.3) is 0 Å². The van der Waals surface area contributed by atoms with Gasteiger partial charge in [-0.2, -0.15) is 0 Å². The number of ether oxygens (including phenoxy) is 1. The molecule has 3 nitrogen and oxygen atoms in total. The van der Waals surface area contributed by atoms with E-state index in [-0.39, 0.29) is 5.54 Å². The van der Waals surface area contributed by atoms with Crippen LogP contribution in [-0.4, -0.2) is 43.3 Å². The van der Waals surface area contributed by atoms with Crippen LogP contribution in [0.25, 0.3) is 0 Å². The molecule has 0 aromatic carbocycles. The smallest absolute Gasteiger partial charge is 0.0590 e. The zero-order chi connectivity index (χ0) is 13.2. The normalized spacial score (nSPS) is 37.2. The van der Waals surface area contributed by atoms with E-state index in [0.29, 0.717) is 5.92 Å². The molecule has 2 fully saturated rings. The first-order valence-electron chi connectivity index (χ1n) is 7.59. The first kappa shape index (κ1) is 14.3. The highest BCUT2D eigenvalue weighted by Crippen LogP contribution is 2.44. The second kappa shape index (κ2) is 5.89. The Morgan fingerprint density at radius 3 is 2.50 bits per heavy atom. The summed E-state index contributed by atoms with van der Waals surface area (Å²) in [4.78, 5) is 2.70. The summed E-state index contributed by atoms with van der Waals surface area (Å²) in [6, 6.07) is 0.777. The minimum absolute atomic E-state index is 0.242. The maximum Gasteiger partial charge on any atom is 0.0590 e. The van der Waals surface area contributed by atoms with E-state index in [1.165, 1.54) is 32.1 Å². The fourth-order valence-corrected chi connectivity index (χ4v) is 3.88. The van der Waals surface area contributed by atoms with E-state index in [9.17, 15) is 0 Å². The Kier molecular flexibility index (Phi) is 4.68. The molecule has 106 valence electrons. The summed E-state index contributed by atoms with van der Waals surface area (Å²) in [5, 5.41) is 0. The highest BCUT2D eigenvalue weighted by atomic mass is 16.5. The number of methoxy groups -OCH3 is 1. The van der Waals surface area contributed by atoms with Crippen molar-refractivity contribution >= 4 is 0 Å². The molecule has 2 N–H and O–H groups in total. The average molecular weight is 254 g/mol. The fourth-order valence-electron chi connectivity index (χ4n) is 3.88. The lowest BCUT2D eigenvalue weighted by Gasteiger charge is -2.52. The predicted octanol–water partition coefficient (Wildman–Crippen LogP) is 2.25. The van der Waals surface area contributed by atoms with Crippen LogP contribution >= 0.6 is 0 Å². The minimum Gasteiger partial charge on any atom is -0.383 e. The minimum atomic E-state index is 0.242. The molecule has 0 aliphatic heterocycles. The molecule has 3 atom stereocenters. The molecule has 0 aromatic rings. The van der Waals surface area contributed by atoms with Crippen LogP contribution in [0.15, 0.2) is 0 Å². The topological polar surface area (TPSA) is 38.5 Å². The zero-order valence-electron chi connectivity index (χ0n) is 12.3. The number of hydrogen-bond donors (Lipinski definition) is 1. The van der Waals surface area contributed by atoms with Gasteiger partial charge in [0.15, 0.2) is 0 Å². The zero-order valence-corrected chi connectivity index (χ0v) is 12.3. The lowest BCUT2D eigenvalue weighted by molar-refractivity contribution is -0.0193. The van der Waals surface area contributed by atoms with Crippen molar-refractivity contribution in [1.29, 1.82) is 0 Å². The SMILES string of the molecule is COCCN(C1CC1)C1(CN)CCC(C)CC1C. The molecule has 2 aliphatic rings. The van der Waals surface area contributed by atoms with Gasteiger partial charge in [-0.1, -0.05) is 13.8 Å². The molecule has 2 aliphatic carbocycles. The molecule has 2 saturated carbocycles. The summed E-state index contributed by atoms with van der Waals surface area (Å²) in [5.74, 6) is 1.58. The summed E-state index contributed by atoms with van der Waals surface area (Å²) >= 11 is 0. The Hall–Kier alpha value is -0.120. The van der Waals surface area contributed by atoms with Crippen molar-refractivity contribution in [2.75, 3.05) is 26.8 Å². The third kappa shape index (κ3) is 2.73. The van der Waals surface area contributed by atoms with Crippen LogP contribution in [-0.2, 0) is 4.74 Å². The van der Waals surface area contributed by atoms with E-state index in [1.54, 1.807) is 7.11 Å². The van der Waals surface area contributed by atoms with Gasteiger partial charge in [-0.05, 0) is 43.9 Å². The van der Waals surface area contributed by atoms with Gasteiger partial charge >= 0.3 is 0 Å². The van der Waals surface area contributed by atoms with Gasteiger partial charge in [0.2, 0.25) is 0 Å². The first-order valence-corrected chi connectivity index (χ1v) is 7.59. The lowest BCUT2D eigenvalue weighted by atomic mass is 9.68. The average Bonchev–Trinajstić information content (AvgIpc) is 3.16. The molecule has 0 bridgehead atoms. The Balaban J connectivity index is 2.12. The highest BCUT2D eigenvalue weighted by Gasteiger charge is 2.48. The summed E-state index contributed by atoms with van der Waals surface area (Å²) in [6.07, 6.45) is 6.64. The van der Waals surface area contributed by atoms with Crippen LogP contribution in [0.5, 0.6) is 0 Å². The molecule has 3 unspecified atom stereocenters. The van der Waals surface area contributed by atoms with Gasteiger partial charge < -0.3 is 10.5 Å². The van der Waals surface area contributed by atoms with E-state index in [2.05, 4.69) is 18.7 Å². The second-order valence-corrected chi connectivity index (χ2v) is 6.51. The summed E-state index contributed by atoms with van der Waals surface area (Å²) < 4.78 is 5.30. The van der Waals surface area contributed by atoms with E-state index in [1.807, 2.05) is 0 Å². The Labute approximate surface area is 112 Å². The van der Waals surface area contributed by atoms with Crippen LogP contribution in [0.4, 0.5) is 0 Å². The van der Waals surface area contributed by atoms with E-state index >= 15 is 0 Å². The van der Waals surface area contributed by atoms with Crippen molar-refractivity contribution in [2.45, 2.75) is 57.5 Å². The van der Waals surface area contributed by atoms with Crippen molar-refractivity contribution < 1.29 is 4.74 Å². The number of hydrogen-bond acceptors (Lipinski definition) is 3. The molecular weight excluding hydrogens is 224 g/mol. The van der Waals surface area contributed by atoms with Gasteiger partial charge in [-0.25, -0.2) is 0 Å². The summed E-state index contributed by atoms with van der Waals surface area (Å²) in [7, 11) is 1.80. The van der Waals surface area contributed by atoms with Crippen molar-refractivity contribution in [3.05, 3.63) is 0 Å². The van der Waals surface area contributed by atoms with Crippen LogP contribution in [0.1, 0.15) is 46.0 Å². The van der Waals surface area contributed by atoms with Crippen molar-refractivity contribution in [3.8, 4) is 0 Å². The molecule has 18 heavy (non-hydrogen) atoms. The fraction of sp³-hybridized carbons (Fsp3) is 1.00. The highest BCUT2D eigenvalue weighted by molar-refractivity contribution is 5.04. The van der Waals surface area contributed by atoms with Crippen molar-refractivity contribution in [2.24, 2.45) is 17.6 Å². The largest absolute Gasteiger partial charge is 0.383 e. The Morgan fingerprint density at radius 2 is 2.00 bits per heavy atom. The number of rotatable bonds is 6.